The van der Waals surface area contributed by atoms with Crippen LogP contribution in [0.2, 0.25) is 0 Å². The summed E-state index contributed by atoms with van der Waals surface area (Å²) in [6, 6.07) is 13.1. The van der Waals surface area contributed by atoms with Gasteiger partial charge in [-0.25, -0.2) is 0 Å². The first-order valence-electron chi connectivity index (χ1n) is 9.61. The zero-order valence-electron chi connectivity index (χ0n) is 16.9. The van der Waals surface area contributed by atoms with E-state index in [2.05, 4.69) is 88.9 Å². The van der Waals surface area contributed by atoms with Crippen molar-refractivity contribution in [3.05, 3.63) is 64.7 Å². The molecule has 0 radical (unpaired) electrons. The van der Waals surface area contributed by atoms with E-state index in [-0.39, 0.29) is 5.54 Å². The molecule has 3 rings (SSSR count). The minimum absolute atomic E-state index is 0.0505. The highest BCUT2D eigenvalue weighted by molar-refractivity contribution is 5.90. The minimum atomic E-state index is 0.0505. The molecule has 0 spiro atoms. The number of hydrogen-bond acceptors (Lipinski definition) is 2. The number of allylic oxidation sites excluding steroid dienone is 1. The van der Waals surface area contributed by atoms with Crippen LogP contribution in [0.25, 0.3) is 5.57 Å². The molecule has 1 aliphatic rings. The molecule has 2 aromatic rings. The minimum Gasteiger partial charge on any atom is -0.363 e. The number of rotatable bonds is 4. The van der Waals surface area contributed by atoms with Gasteiger partial charge in [0.1, 0.15) is 0 Å². The molecule has 2 nitrogen and oxygen atoms in total. The molecule has 0 aliphatic carbocycles. The van der Waals surface area contributed by atoms with Crippen molar-refractivity contribution in [2.45, 2.75) is 53.5 Å². The van der Waals surface area contributed by atoms with Crippen molar-refractivity contribution in [2.24, 2.45) is 4.99 Å². The number of benzene rings is 2. The molecule has 0 bridgehead atoms. The number of hydrogen-bond donors (Lipinski definition) is 0. The van der Waals surface area contributed by atoms with Gasteiger partial charge >= 0.3 is 0 Å². The lowest BCUT2D eigenvalue weighted by atomic mass is 9.87. The number of nitrogens with zero attached hydrogens (tertiary/aromatic N) is 2. The van der Waals surface area contributed by atoms with Crippen molar-refractivity contribution in [3.63, 3.8) is 0 Å². The van der Waals surface area contributed by atoms with E-state index in [4.69, 9.17) is 4.99 Å². The van der Waals surface area contributed by atoms with Gasteiger partial charge in [0.25, 0.3) is 0 Å². The average molecular weight is 347 g/mol. The summed E-state index contributed by atoms with van der Waals surface area (Å²) in [5.74, 6) is 0. The van der Waals surface area contributed by atoms with E-state index in [1.165, 1.54) is 33.5 Å². The maximum atomic E-state index is 4.70. The van der Waals surface area contributed by atoms with Crippen LogP contribution in [0.15, 0.2) is 47.5 Å². The maximum Gasteiger partial charge on any atom is 0.0630 e. The van der Waals surface area contributed by atoms with Crippen LogP contribution in [-0.2, 0) is 6.42 Å². The average Bonchev–Trinajstić information content (AvgIpc) is 2.60. The molecule has 26 heavy (non-hydrogen) atoms. The van der Waals surface area contributed by atoms with Gasteiger partial charge in [-0.1, -0.05) is 25.1 Å². The zero-order chi connectivity index (χ0) is 18.9. The number of fused-ring (bicyclic) bond motifs is 1. The third-order valence-electron chi connectivity index (χ3n) is 5.38. The Morgan fingerprint density at radius 3 is 2.35 bits per heavy atom. The SMILES string of the molecule is CCc1ccc(N=Cc2cc3c(cc2C)N(CC)C(C)(C)C=C3C)cc1. The molecule has 0 atom stereocenters. The normalized spacial score (nSPS) is 15.9. The molecule has 0 N–H and O–H groups in total. The van der Waals surface area contributed by atoms with Gasteiger partial charge in [0.15, 0.2) is 0 Å². The molecule has 0 amide bonds. The van der Waals surface area contributed by atoms with Gasteiger partial charge in [0.2, 0.25) is 0 Å². The summed E-state index contributed by atoms with van der Waals surface area (Å²) < 4.78 is 0. The molecule has 2 heteroatoms. The van der Waals surface area contributed by atoms with Crippen molar-refractivity contribution in [2.75, 3.05) is 11.4 Å². The van der Waals surface area contributed by atoms with Gasteiger partial charge in [-0.3, -0.25) is 4.99 Å². The van der Waals surface area contributed by atoms with Gasteiger partial charge in [-0.2, -0.15) is 0 Å². The first-order chi connectivity index (χ1) is 12.4. The Morgan fingerprint density at radius 1 is 1.04 bits per heavy atom. The van der Waals surface area contributed by atoms with Crippen molar-refractivity contribution in [1.29, 1.82) is 0 Å². The molecule has 1 aliphatic heterocycles. The maximum absolute atomic E-state index is 4.70. The number of anilines is 1. The Bertz CT molecular complexity index is 855. The van der Waals surface area contributed by atoms with Crippen molar-refractivity contribution in [3.8, 4) is 0 Å². The lowest BCUT2D eigenvalue weighted by molar-refractivity contribution is 0.566. The smallest absolute Gasteiger partial charge is 0.0630 e. The fourth-order valence-electron chi connectivity index (χ4n) is 3.92. The van der Waals surface area contributed by atoms with Crippen molar-refractivity contribution in [1.82, 2.24) is 0 Å². The highest BCUT2D eigenvalue weighted by atomic mass is 15.2. The number of aliphatic imine (C=N–C) groups is 1. The Balaban J connectivity index is 1.98. The second-order valence-electron chi connectivity index (χ2n) is 7.73. The van der Waals surface area contributed by atoms with E-state index in [1.807, 2.05) is 6.21 Å². The Hall–Kier alpha value is -2.35. The van der Waals surface area contributed by atoms with E-state index < -0.39 is 0 Å². The van der Waals surface area contributed by atoms with Crippen LogP contribution in [0.5, 0.6) is 0 Å². The van der Waals surface area contributed by atoms with Crippen LogP contribution in [0, 0.1) is 6.92 Å². The predicted molar refractivity (Wildman–Crippen MR) is 115 cm³/mol. The second-order valence-corrected chi connectivity index (χ2v) is 7.73. The summed E-state index contributed by atoms with van der Waals surface area (Å²) in [5, 5.41) is 0. The van der Waals surface area contributed by atoms with Crippen LogP contribution in [0.4, 0.5) is 11.4 Å². The van der Waals surface area contributed by atoms with Gasteiger partial charge in [0, 0.05) is 24.0 Å². The Kier molecular flexibility index (Phi) is 5.04. The fourth-order valence-corrected chi connectivity index (χ4v) is 3.92. The molecule has 0 saturated heterocycles. The summed E-state index contributed by atoms with van der Waals surface area (Å²) in [6.07, 6.45) is 5.43. The highest BCUT2D eigenvalue weighted by Gasteiger charge is 2.30. The lowest BCUT2D eigenvalue weighted by Crippen LogP contribution is -2.45. The van der Waals surface area contributed by atoms with Crippen LogP contribution >= 0.6 is 0 Å². The summed E-state index contributed by atoms with van der Waals surface area (Å²) in [4.78, 5) is 7.18. The molecule has 2 aromatic carbocycles. The first-order valence-corrected chi connectivity index (χ1v) is 9.61. The van der Waals surface area contributed by atoms with Gasteiger partial charge in [0.05, 0.1) is 11.2 Å². The Morgan fingerprint density at radius 2 is 1.73 bits per heavy atom. The number of aryl methyl sites for hydroxylation is 2. The van der Waals surface area contributed by atoms with E-state index in [0.717, 1.165) is 18.7 Å². The van der Waals surface area contributed by atoms with Crippen LogP contribution in [-0.4, -0.2) is 18.3 Å². The van der Waals surface area contributed by atoms with Crippen LogP contribution < -0.4 is 4.90 Å². The van der Waals surface area contributed by atoms with E-state index in [1.54, 1.807) is 0 Å². The van der Waals surface area contributed by atoms with E-state index in [0.29, 0.717) is 0 Å². The highest BCUT2D eigenvalue weighted by Crippen LogP contribution is 2.39. The summed E-state index contributed by atoms with van der Waals surface area (Å²) in [7, 11) is 0. The first kappa shape index (κ1) is 18.4. The molecular formula is C24H30N2. The van der Waals surface area contributed by atoms with Crippen LogP contribution in [0.3, 0.4) is 0 Å². The third-order valence-corrected chi connectivity index (χ3v) is 5.38. The van der Waals surface area contributed by atoms with Gasteiger partial charge in [-0.05, 0) is 87.6 Å². The lowest BCUT2D eigenvalue weighted by Gasteiger charge is -2.43. The molecule has 0 unspecified atom stereocenters. The van der Waals surface area contributed by atoms with Gasteiger partial charge < -0.3 is 4.90 Å². The monoisotopic (exact) mass is 346 g/mol. The van der Waals surface area contributed by atoms with E-state index >= 15 is 0 Å². The molecule has 0 fully saturated rings. The van der Waals surface area contributed by atoms with Gasteiger partial charge in [-0.15, -0.1) is 0 Å². The summed E-state index contributed by atoms with van der Waals surface area (Å²) in [5.41, 5.74) is 8.85. The Labute approximate surface area is 158 Å². The fraction of sp³-hybridized carbons (Fsp3) is 0.375. The quantitative estimate of drug-likeness (QED) is 0.591. The molecule has 1 heterocycles. The van der Waals surface area contributed by atoms with E-state index in [9.17, 15) is 0 Å². The summed E-state index contributed by atoms with van der Waals surface area (Å²) in [6.45, 7) is 14.4. The molecule has 136 valence electrons. The van der Waals surface area contributed by atoms with Crippen LogP contribution in [0.1, 0.15) is 56.9 Å². The summed E-state index contributed by atoms with van der Waals surface area (Å²) >= 11 is 0. The largest absolute Gasteiger partial charge is 0.363 e. The van der Waals surface area contributed by atoms with Crippen molar-refractivity contribution < 1.29 is 0 Å². The second kappa shape index (κ2) is 7.11. The van der Waals surface area contributed by atoms with Crippen molar-refractivity contribution >= 4 is 23.2 Å². The predicted octanol–water partition coefficient (Wildman–Crippen LogP) is 6.33. The third kappa shape index (κ3) is 3.46. The zero-order valence-corrected chi connectivity index (χ0v) is 16.9. The standard InChI is InChI=1S/C24H30N2/c1-7-19-9-11-21(12-10-19)25-16-20-14-22-18(4)15-24(5,6)26(8-2)23(22)13-17(20)3/h9-16H,7-8H2,1-6H3. The molecule has 0 saturated carbocycles. The molecular weight excluding hydrogens is 316 g/mol. The molecule has 0 aromatic heterocycles. The number of likely N-dealkylation sites (N-methyl/N-ethyl adjacent to an activating group) is 1. The topological polar surface area (TPSA) is 15.6 Å².